The van der Waals surface area contributed by atoms with E-state index in [2.05, 4.69) is 10.6 Å². The Morgan fingerprint density at radius 2 is 1.63 bits per heavy atom. The van der Waals surface area contributed by atoms with Gasteiger partial charge in [0.05, 0.1) is 37.4 Å². The summed E-state index contributed by atoms with van der Waals surface area (Å²) in [6, 6.07) is 10.5. The van der Waals surface area contributed by atoms with Gasteiger partial charge in [-0.1, -0.05) is 29.3 Å². The zero-order valence-corrected chi connectivity index (χ0v) is 18.6. The summed E-state index contributed by atoms with van der Waals surface area (Å²) in [5.74, 6) is 0.884. The number of carbonyl (C=O) groups excluding carboxylic acids is 2. The van der Waals surface area contributed by atoms with Gasteiger partial charge in [-0.25, -0.2) is 0 Å². The fourth-order valence-electron chi connectivity index (χ4n) is 2.76. The van der Waals surface area contributed by atoms with Gasteiger partial charge in [0.2, 0.25) is 11.8 Å². The van der Waals surface area contributed by atoms with Crippen LogP contribution in [0.5, 0.6) is 11.5 Å². The fraction of sp³-hybridized carbons (Fsp3) is 0.333. The number of ether oxygens (including phenoxy) is 2. The molecular formula is C21H25Cl2N3O4. The third kappa shape index (κ3) is 7.40. The van der Waals surface area contributed by atoms with Gasteiger partial charge in [-0.3, -0.25) is 14.5 Å². The van der Waals surface area contributed by atoms with Gasteiger partial charge in [0.1, 0.15) is 0 Å². The van der Waals surface area contributed by atoms with Crippen LogP contribution in [-0.2, 0) is 16.0 Å². The van der Waals surface area contributed by atoms with Crippen LogP contribution in [0.2, 0.25) is 10.0 Å². The number of nitrogens with one attached hydrogen (secondary N) is 2. The van der Waals surface area contributed by atoms with Crippen molar-refractivity contribution in [1.29, 1.82) is 0 Å². The van der Waals surface area contributed by atoms with Gasteiger partial charge in [-0.2, -0.15) is 0 Å². The van der Waals surface area contributed by atoms with E-state index in [0.717, 1.165) is 5.56 Å². The Bertz CT molecular complexity index is 893. The van der Waals surface area contributed by atoms with Crippen LogP contribution in [0.15, 0.2) is 36.4 Å². The lowest BCUT2D eigenvalue weighted by atomic mass is 10.1. The average molecular weight is 454 g/mol. The molecular weight excluding hydrogens is 429 g/mol. The Kier molecular flexibility index (Phi) is 9.23. The maximum atomic E-state index is 12.1. The minimum absolute atomic E-state index is 0.0589. The van der Waals surface area contributed by atoms with E-state index in [1.54, 1.807) is 44.4 Å². The predicted molar refractivity (Wildman–Crippen MR) is 119 cm³/mol. The van der Waals surface area contributed by atoms with Crippen molar-refractivity contribution in [1.82, 2.24) is 10.2 Å². The Hall–Kier alpha value is -2.48. The Morgan fingerprint density at radius 3 is 2.30 bits per heavy atom. The maximum absolute atomic E-state index is 12.1. The number of rotatable bonds is 10. The number of benzene rings is 2. The minimum Gasteiger partial charge on any atom is -0.493 e. The topological polar surface area (TPSA) is 79.9 Å². The highest BCUT2D eigenvalue weighted by atomic mass is 35.5. The first-order valence-electron chi connectivity index (χ1n) is 9.23. The van der Waals surface area contributed by atoms with Crippen molar-refractivity contribution < 1.29 is 19.1 Å². The Morgan fingerprint density at radius 1 is 0.933 bits per heavy atom. The average Bonchev–Trinajstić information content (AvgIpc) is 2.70. The summed E-state index contributed by atoms with van der Waals surface area (Å²) in [6.07, 6.45) is 0.646. The molecule has 30 heavy (non-hydrogen) atoms. The molecule has 0 aromatic heterocycles. The molecule has 2 aromatic rings. The van der Waals surface area contributed by atoms with Crippen LogP contribution in [0, 0.1) is 0 Å². The molecule has 2 rings (SSSR count). The van der Waals surface area contributed by atoms with E-state index in [1.807, 2.05) is 18.2 Å². The molecule has 0 unspecified atom stereocenters. The molecule has 162 valence electrons. The van der Waals surface area contributed by atoms with E-state index < -0.39 is 0 Å². The quantitative estimate of drug-likeness (QED) is 0.576. The van der Waals surface area contributed by atoms with E-state index >= 15 is 0 Å². The number of amides is 2. The zero-order chi connectivity index (χ0) is 22.1. The van der Waals surface area contributed by atoms with Gasteiger partial charge in [-0.15, -0.1) is 0 Å². The van der Waals surface area contributed by atoms with Gasteiger partial charge in [0, 0.05) is 12.2 Å². The molecule has 0 spiro atoms. The number of hydrogen-bond donors (Lipinski definition) is 2. The first kappa shape index (κ1) is 23.8. The number of methoxy groups -OCH3 is 2. The molecule has 0 fully saturated rings. The van der Waals surface area contributed by atoms with Crippen LogP contribution >= 0.6 is 23.2 Å². The molecule has 0 radical (unpaired) electrons. The lowest BCUT2D eigenvalue weighted by Crippen LogP contribution is -2.39. The van der Waals surface area contributed by atoms with Gasteiger partial charge >= 0.3 is 0 Å². The van der Waals surface area contributed by atoms with Crippen LogP contribution in [0.4, 0.5) is 5.69 Å². The van der Waals surface area contributed by atoms with Crippen molar-refractivity contribution in [2.45, 2.75) is 6.42 Å². The van der Waals surface area contributed by atoms with Gasteiger partial charge in [-0.05, 0) is 49.4 Å². The summed E-state index contributed by atoms with van der Waals surface area (Å²) in [5.41, 5.74) is 1.56. The van der Waals surface area contributed by atoms with Crippen LogP contribution < -0.4 is 20.1 Å². The number of nitrogens with zero attached hydrogens (tertiary/aromatic N) is 1. The normalized spacial score (nSPS) is 10.6. The Labute approximate surface area is 186 Å². The second kappa shape index (κ2) is 11.6. The maximum Gasteiger partial charge on any atom is 0.238 e. The van der Waals surface area contributed by atoms with Crippen LogP contribution in [0.3, 0.4) is 0 Å². The summed E-state index contributed by atoms with van der Waals surface area (Å²) in [5, 5.41) is 6.34. The number of halogens is 2. The Balaban J connectivity index is 1.73. The van der Waals surface area contributed by atoms with Crippen LogP contribution in [-0.4, -0.2) is 57.6 Å². The van der Waals surface area contributed by atoms with Gasteiger partial charge in [0.15, 0.2) is 11.5 Å². The molecule has 0 heterocycles. The molecule has 7 nitrogen and oxygen atoms in total. The highest BCUT2D eigenvalue weighted by molar-refractivity contribution is 6.42. The van der Waals surface area contributed by atoms with Crippen molar-refractivity contribution in [2.24, 2.45) is 0 Å². The minimum atomic E-state index is -0.256. The first-order chi connectivity index (χ1) is 14.3. The van der Waals surface area contributed by atoms with Crippen LogP contribution in [0.1, 0.15) is 5.56 Å². The third-order valence-electron chi connectivity index (χ3n) is 4.21. The standard InChI is InChI=1S/C21H25Cl2N3O4/c1-26(13-21(28)25-15-5-6-16(22)17(23)11-15)12-20(27)24-9-8-14-4-7-18(29-2)19(10-14)30-3/h4-7,10-11H,8-9,12-13H2,1-3H3,(H,24,27)(H,25,28). The molecule has 2 N–H and O–H groups in total. The number of carbonyl (C=O) groups is 2. The number of likely N-dealkylation sites (N-methyl/N-ethyl adjacent to an activating group) is 1. The van der Waals surface area contributed by atoms with E-state index in [0.29, 0.717) is 40.2 Å². The third-order valence-corrected chi connectivity index (χ3v) is 4.95. The van der Waals surface area contributed by atoms with E-state index in [4.69, 9.17) is 32.7 Å². The fourth-order valence-corrected chi connectivity index (χ4v) is 3.06. The van der Waals surface area contributed by atoms with Crippen molar-refractivity contribution >= 4 is 40.7 Å². The van der Waals surface area contributed by atoms with Gasteiger partial charge in [0.25, 0.3) is 0 Å². The van der Waals surface area contributed by atoms with Crippen molar-refractivity contribution in [3.63, 3.8) is 0 Å². The molecule has 0 atom stereocenters. The molecule has 0 aliphatic carbocycles. The monoisotopic (exact) mass is 453 g/mol. The summed E-state index contributed by atoms with van der Waals surface area (Å²) >= 11 is 11.8. The zero-order valence-electron chi connectivity index (χ0n) is 17.1. The second-order valence-electron chi connectivity index (χ2n) is 6.64. The molecule has 9 heteroatoms. The van der Waals surface area contributed by atoms with E-state index in [1.165, 1.54) is 0 Å². The number of anilines is 1. The summed E-state index contributed by atoms with van der Waals surface area (Å²) in [7, 11) is 4.86. The van der Waals surface area contributed by atoms with E-state index in [9.17, 15) is 9.59 Å². The van der Waals surface area contributed by atoms with Crippen LogP contribution in [0.25, 0.3) is 0 Å². The van der Waals surface area contributed by atoms with Crippen molar-refractivity contribution in [2.75, 3.05) is 46.2 Å². The first-order valence-corrected chi connectivity index (χ1v) is 9.99. The highest BCUT2D eigenvalue weighted by Crippen LogP contribution is 2.27. The summed E-state index contributed by atoms with van der Waals surface area (Å²) < 4.78 is 10.5. The van der Waals surface area contributed by atoms with Crippen molar-refractivity contribution in [3.05, 3.63) is 52.0 Å². The smallest absolute Gasteiger partial charge is 0.238 e. The molecule has 0 saturated carbocycles. The molecule has 2 amide bonds. The molecule has 0 bridgehead atoms. The SMILES string of the molecule is COc1ccc(CCNC(=O)CN(C)CC(=O)Nc2ccc(Cl)c(Cl)c2)cc1OC. The number of hydrogen-bond acceptors (Lipinski definition) is 5. The predicted octanol–water partition coefficient (Wildman–Crippen LogP) is 3.24. The van der Waals surface area contributed by atoms with E-state index in [-0.39, 0.29) is 24.9 Å². The largest absolute Gasteiger partial charge is 0.493 e. The highest BCUT2D eigenvalue weighted by Gasteiger charge is 2.12. The lowest BCUT2D eigenvalue weighted by molar-refractivity contribution is -0.122. The molecule has 2 aromatic carbocycles. The summed E-state index contributed by atoms with van der Waals surface area (Å²) in [6.45, 7) is 0.627. The molecule has 0 aliphatic rings. The lowest BCUT2D eigenvalue weighted by Gasteiger charge is -2.16. The molecule has 0 saturated heterocycles. The second-order valence-corrected chi connectivity index (χ2v) is 7.45. The van der Waals surface area contributed by atoms with Gasteiger partial charge < -0.3 is 20.1 Å². The molecule has 0 aliphatic heterocycles. The summed E-state index contributed by atoms with van der Waals surface area (Å²) in [4.78, 5) is 25.9. The van der Waals surface area contributed by atoms with Crippen molar-refractivity contribution in [3.8, 4) is 11.5 Å².